The number of carbonyl (C=O) groups is 1. The van der Waals surface area contributed by atoms with Crippen LogP contribution in [0.15, 0.2) is 41.5 Å². The zero-order valence-corrected chi connectivity index (χ0v) is 18.8. The summed E-state index contributed by atoms with van der Waals surface area (Å²) >= 11 is 0. The van der Waals surface area contributed by atoms with Gasteiger partial charge in [-0.1, -0.05) is 18.2 Å². The maximum absolute atomic E-state index is 12.8. The van der Waals surface area contributed by atoms with E-state index in [1.165, 1.54) is 20.3 Å². The molecule has 1 amide bonds. The van der Waals surface area contributed by atoms with Gasteiger partial charge in [-0.15, -0.1) is 5.10 Å². The van der Waals surface area contributed by atoms with Gasteiger partial charge < -0.3 is 19.9 Å². The summed E-state index contributed by atoms with van der Waals surface area (Å²) in [5, 5.41) is 7.30. The van der Waals surface area contributed by atoms with E-state index in [2.05, 4.69) is 56.4 Å². The number of aryl methyl sites for hydroxylation is 1. The summed E-state index contributed by atoms with van der Waals surface area (Å²) in [5.74, 6) is 0.412. The molecule has 10 heteroatoms. The lowest BCUT2D eigenvalue weighted by Crippen LogP contribution is -2.47. The second-order valence-corrected chi connectivity index (χ2v) is 8.58. The summed E-state index contributed by atoms with van der Waals surface area (Å²) in [7, 11) is 0. The van der Waals surface area contributed by atoms with E-state index in [4.69, 9.17) is 4.74 Å². The van der Waals surface area contributed by atoms with Crippen LogP contribution in [0.1, 0.15) is 18.4 Å². The number of benzene rings is 1. The minimum absolute atomic E-state index is 0.0564. The number of carbonyl (C=O) groups excluding carboxylic acids is 1. The van der Waals surface area contributed by atoms with Crippen LogP contribution in [0, 0.1) is 6.92 Å². The van der Waals surface area contributed by atoms with E-state index in [1.54, 1.807) is 12.4 Å². The van der Waals surface area contributed by atoms with E-state index in [9.17, 15) is 9.59 Å². The van der Waals surface area contributed by atoms with Crippen molar-refractivity contribution < 1.29 is 9.53 Å². The molecule has 0 bridgehead atoms. The van der Waals surface area contributed by atoms with Crippen molar-refractivity contribution in [3.05, 3.63) is 52.7 Å². The highest BCUT2D eigenvalue weighted by molar-refractivity contribution is 5.75. The molecule has 2 aromatic heterocycles. The highest BCUT2D eigenvalue weighted by Crippen LogP contribution is 2.23. The number of para-hydroxylation sites is 1. The number of ether oxygens (including phenoxy) is 1. The Balaban J connectivity index is 1.29. The third-order valence-electron chi connectivity index (χ3n) is 6.36. The lowest BCUT2D eigenvalue weighted by Gasteiger charge is -2.37. The largest absolute Gasteiger partial charge is 0.376 e. The van der Waals surface area contributed by atoms with Crippen molar-refractivity contribution in [2.24, 2.45) is 0 Å². The van der Waals surface area contributed by atoms with Crippen molar-refractivity contribution in [3.8, 4) is 0 Å². The molecule has 2 saturated heterocycles. The number of nitrogens with one attached hydrogen (secondary N) is 1. The van der Waals surface area contributed by atoms with Crippen LogP contribution in [-0.2, 0) is 16.1 Å². The molecular weight excluding hydrogens is 422 g/mol. The molecule has 174 valence electrons. The smallest absolute Gasteiger partial charge is 0.350 e. The van der Waals surface area contributed by atoms with Crippen LogP contribution >= 0.6 is 0 Å². The number of hydrogen-bond donors (Lipinski definition) is 1. The van der Waals surface area contributed by atoms with Gasteiger partial charge in [0.15, 0.2) is 5.82 Å². The molecule has 2 aliphatic heterocycles. The van der Waals surface area contributed by atoms with Crippen LogP contribution in [0.5, 0.6) is 0 Å². The van der Waals surface area contributed by atoms with Crippen LogP contribution in [0.3, 0.4) is 0 Å². The first-order chi connectivity index (χ1) is 16.1. The van der Waals surface area contributed by atoms with E-state index >= 15 is 0 Å². The van der Waals surface area contributed by atoms with Gasteiger partial charge in [-0.05, 0) is 31.4 Å². The number of hydrogen-bond acceptors (Lipinski definition) is 7. The topological polar surface area (TPSA) is 97.0 Å². The molecule has 0 aliphatic carbocycles. The summed E-state index contributed by atoms with van der Waals surface area (Å²) in [6, 6.07) is 8.39. The third kappa shape index (κ3) is 4.43. The molecule has 2 aliphatic rings. The van der Waals surface area contributed by atoms with Crippen molar-refractivity contribution in [1.82, 2.24) is 24.5 Å². The van der Waals surface area contributed by atoms with Crippen LogP contribution in [0.25, 0.3) is 5.65 Å². The molecule has 5 rings (SSSR count). The Morgan fingerprint density at radius 1 is 1.18 bits per heavy atom. The van der Waals surface area contributed by atoms with Gasteiger partial charge in [-0.3, -0.25) is 4.79 Å². The molecule has 0 radical (unpaired) electrons. The van der Waals surface area contributed by atoms with Gasteiger partial charge in [0.1, 0.15) is 6.54 Å². The van der Waals surface area contributed by atoms with Gasteiger partial charge >= 0.3 is 5.69 Å². The Bertz CT molecular complexity index is 1190. The number of piperazine rings is 1. The molecule has 1 unspecified atom stereocenters. The summed E-state index contributed by atoms with van der Waals surface area (Å²) in [4.78, 5) is 34.3. The molecule has 0 saturated carbocycles. The first-order valence-corrected chi connectivity index (χ1v) is 11.5. The number of amides is 1. The molecule has 1 atom stereocenters. The van der Waals surface area contributed by atoms with Gasteiger partial charge in [0.25, 0.3) is 0 Å². The molecule has 3 aromatic rings. The lowest BCUT2D eigenvalue weighted by atomic mass is 10.1. The molecule has 0 spiro atoms. The van der Waals surface area contributed by atoms with Crippen molar-refractivity contribution in [1.29, 1.82) is 0 Å². The van der Waals surface area contributed by atoms with E-state index in [0.29, 0.717) is 18.0 Å². The highest BCUT2D eigenvalue weighted by atomic mass is 16.5. The fourth-order valence-electron chi connectivity index (χ4n) is 4.56. The molecular formula is C23H29N7O3. The van der Waals surface area contributed by atoms with Gasteiger partial charge in [0.05, 0.1) is 6.10 Å². The van der Waals surface area contributed by atoms with Crippen LogP contribution in [0.4, 0.5) is 11.5 Å². The number of anilines is 2. The zero-order valence-electron chi connectivity index (χ0n) is 18.8. The molecule has 33 heavy (non-hydrogen) atoms. The van der Waals surface area contributed by atoms with Gasteiger partial charge in [0.2, 0.25) is 11.6 Å². The number of aromatic nitrogens is 4. The summed E-state index contributed by atoms with van der Waals surface area (Å²) in [6.07, 6.45) is 5.22. The Labute approximate surface area is 191 Å². The maximum Gasteiger partial charge on any atom is 0.350 e. The van der Waals surface area contributed by atoms with E-state index in [1.807, 2.05) is 0 Å². The van der Waals surface area contributed by atoms with Crippen molar-refractivity contribution >= 4 is 23.1 Å². The minimum Gasteiger partial charge on any atom is -0.376 e. The SMILES string of the molecule is Cc1ccccc1N1CCN(c2nccn3c(=O)n(CC(=O)NCC4CCCO4)nc23)CC1. The van der Waals surface area contributed by atoms with E-state index in [-0.39, 0.29) is 24.2 Å². The highest BCUT2D eigenvalue weighted by Gasteiger charge is 2.23. The minimum atomic E-state index is -0.348. The zero-order chi connectivity index (χ0) is 22.8. The van der Waals surface area contributed by atoms with Crippen molar-refractivity contribution in [3.63, 3.8) is 0 Å². The second kappa shape index (κ2) is 9.22. The van der Waals surface area contributed by atoms with Crippen LogP contribution in [0.2, 0.25) is 0 Å². The monoisotopic (exact) mass is 451 g/mol. The second-order valence-electron chi connectivity index (χ2n) is 8.58. The molecule has 4 heterocycles. The lowest BCUT2D eigenvalue weighted by molar-refractivity contribution is -0.122. The van der Waals surface area contributed by atoms with Gasteiger partial charge in [-0.25, -0.2) is 18.9 Å². The average molecular weight is 452 g/mol. The Morgan fingerprint density at radius 2 is 1.97 bits per heavy atom. The first kappa shape index (κ1) is 21.4. The predicted molar refractivity (Wildman–Crippen MR) is 125 cm³/mol. The van der Waals surface area contributed by atoms with Crippen molar-refractivity contribution in [2.75, 3.05) is 49.1 Å². The van der Waals surface area contributed by atoms with Crippen LogP contribution in [-0.4, -0.2) is 70.5 Å². The standard InChI is InChI=1S/C23H29N7O3/c1-17-5-2-3-7-19(17)27-10-12-28(13-11-27)21-22-26-30(23(32)29(22)9-8-24-21)16-20(31)25-15-18-6-4-14-33-18/h2-3,5,7-9,18H,4,6,10-16H2,1H3,(H,25,31). The molecule has 1 N–H and O–H groups in total. The Hall–Kier alpha value is -3.40. The Morgan fingerprint density at radius 3 is 2.73 bits per heavy atom. The molecule has 1 aromatic carbocycles. The summed E-state index contributed by atoms with van der Waals surface area (Å²) < 4.78 is 8.20. The fraction of sp³-hybridized carbons (Fsp3) is 0.478. The average Bonchev–Trinajstić information content (AvgIpc) is 3.47. The van der Waals surface area contributed by atoms with Crippen molar-refractivity contribution in [2.45, 2.75) is 32.4 Å². The van der Waals surface area contributed by atoms with Crippen LogP contribution < -0.4 is 20.8 Å². The molecule has 2 fully saturated rings. The quantitative estimate of drug-likeness (QED) is 0.593. The van der Waals surface area contributed by atoms with E-state index in [0.717, 1.165) is 45.6 Å². The number of nitrogens with zero attached hydrogens (tertiary/aromatic N) is 6. The summed E-state index contributed by atoms with van der Waals surface area (Å²) in [6.45, 7) is 6.43. The van der Waals surface area contributed by atoms with Gasteiger partial charge in [-0.2, -0.15) is 0 Å². The number of fused-ring (bicyclic) bond motifs is 1. The maximum atomic E-state index is 12.8. The normalized spacial score (nSPS) is 18.8. The third-order valence-corrected chi connectivity index (χ3v) is 6.36. The number of rotatable bonds is 6. The first-order valence-electron chi connectivity index (χ1n) is 11.5. The predicted octanol–water partition coefficient (Wildman–Crippen LogP) is 0.821. The molecule has 10 nitrogen and oxygen atoms in total. The Kier molecular flexibility index (Phi) is 5.99. The van der Waals surface area contributed by atoms with Gasteiger partial charge in [0, 0.05) is 57.4 Å². The summed E-state index contributed by atoms with van der Waals surface area (Å²) in [5.41, 5.74) is 2.63. The fourth-order valence-corrected chi connectivity index (χ4v) is 4.56. The van der Waals surface area contributed by atoms with E-state index < -0.39 is 0 Å².